The molecule has 102 valence electrons. The Morgan fingerprint density at radius 2 is 1.90 bits per heavy atom. The summed E-state index contributed by atoms with van der Waals surface area (Å²) in [5.74, 6) is 3.65. The third-order valence-electron chi connectivity index (χ3n) is 2.96. The molecule has 0 atom stereocenters. The molecule has 0 bridgehead atoms. The molecule has 0 spiro atoms. The Morgan fingerprint density at radius 3 is 2.71 bits per heavy atom. The summed E-state index contributed by atoms with van der Waals surface area (Å²) < 4.78 is 5.62. The van der Waals surface area contributed by atoms with Crippen LogP contribution in [0.1, 0.15) is 11.5 Å². The third-order valence-corrected chi connectivity index (χ3v) is 2.96. The zero-order chi connectivity index (χ0) is 14.5. The summed E-state index contributed by atoms with van der Waals surface area (Å²) >= 11 is 0. The van der Waals surface area contributed by atoms with Crippen molar-refractivity contribution < 1.29 is 4.42 Å². The summed E-state index contributed by atoms with van der Waals surface area (Å²) in [5, 5.41) is 11.3. The van der Waals surface area contributed by atoms with E-state index in [9.17, 15) is 0 Å². The Hall–Kier alpha value is -3.06. The van der Waals surface area contributed by atoms with Gasteiger partial charge in [-0.2, -0.15) is 0 Å². The Bertz CT molecular complexity index is 772. The van der Waals surface area contributed by atoms with Crippen molar-refractivity contribution in [2.24, 2.45) is 0 Å². The fourth-order valence-electron chi connectivity index (χ4n) is 1.92. The lowest BCUT2D eigenvalue weighted by Gasteiger charge is -2.03. The van der Waals surface area contributed by atoms with Crippen molar-refractivity contribution in [2.45, 2.75) is 6.54 Å². The first-order chi connectivity index (χ1) is 10.3. The van der Waals surface area contributed by atoms with Crippen molar-refractivity contribution in [1.29, 1.82) is 0 Å². The summed E-state index contributed by atoms with van der Waals surface area (Å²) in [6.07, 6.45) is 5.38. The lowest BCUT2D eigenvalue weighted by Crippen LogP contribution is -1.99. The fraction of sp³-hybridized carbons (Fsp3) is 0.0588. The van der Waals surface area contributed by atoms with Gasteiger partial charge in [0, 0.05) is 16.8 Å². The average Bonchev–Trinajstić information content (AvgIpc) is 3.03. The van der Waals surface area contributed by atoms with E-state index >= 15 is 0 Å². The minimum absolute atomic E-state index is 0.452. The lowest BCUT2D eigenvalue weighted by molar-refractivity contribution is 0.515. The van der Waals surface area contributed by atoms with Crippen LogP contribution in [0, 0.1) is 12.3 Å². The van der Waals surface area contributed by atoms with Gasteiger partial charge in [0.1, 0.15) is 0 Å². The molecule has 1 heterocycles. The number of aromatic nitrogens is 2. The van der Waals surface area contributed by atoms with Gasteiger partial charge in [-0.3, -0.25) is 0 Å². The highest BCUT2D eigenvalue weighted by Gasteiger charge is 2.07. The largest absolute Gasteiger partial charge is 0.419 e. The molecule has 0 aliphatic rings. The molecule has 0 saturated carbocycles. The van der Waals surface area contributed by atoms with Gasteiger partial charge in [0.15, 0.2) is 0 Å². The molecule has 3 rings (SSSR count). The van der Waals surface area contributed by atoms with E-state index in [-0.39, 0.29) is 0 Å². The quantitative estimate of drug-likeness (QED) is 0.742. The van der Waals surface area contributed by atoms with Crippen molar-refractivity contribution in [3.8, 4) is 23.8 Å². The number of nitrogens with zero attached hydrogens (tertiary/aromatic N) is 2. The van der Waals surface area contributed by atoms with Crippen LogP contribution in [-0.2, 0) is 6.54 Å². The summed E-state index contributed by atoms with van der Waals surface area (Å²) in [7, 11) is 0. The Morgan fingerprint density at radius 1 is 1.05 bits per heavy atom. The number of hydrogen-bond donors (Lipinski definition) is 1. The molecule has 0 fully saturated rings. The van der Waals surface area contributed by atoms with Crippen molar-refractivity contribution in [3.63, 3.8) is 0 Å². The molecule has 0 radical (unpaired) electrons. The van der Waals surface area contributed by atoms with E-state index in [0.717, 1.165) is 16.8 Å². The van der Waals surface area contributed by atoms with E-state index in [2.05, 4.69) is 21.4 Å². The van der Waals surface area contributed by atoms with E-state index < -0.39 is 0 Å². The highest BCUT2D eigenvalue weighted by molar-refractivity contribution is 5.52. The zero-order valence-corrected chi connectivity index (χ0v) is 11.3. The summed E-state index contributed by atoms with van der Waals surface area (Å²) in [4.78, 5) is 0. The molecule has 0 unspecified atom stereocenters. The number of hydrogen-bond acceptors (Lipinski definition) is 4. The van der Waals surface area contributed by atoms with Crippen molar-refractivity contribution in [1.82, 2.24) is 10.2 Å². The molecule has 0 aliphatic carbocycles. The second kappa shape index (κ2) is 5.93. The van der Waals surface area contributed by atoms with Crippen LogP contribution < -0.4 is 5.32 Å². The maximum absolute atomic E-state index is 5.62. The highest BCUT2D eigenvalue weighted by Crippen LogP contribution is 2.17. The molecule has 21 heavy (non-hydrogen) atoms. The Balaban J connectivity index is 1.69. The first kappa shape index (κ1) is 12.9. The molecule has 0 amide bonds. The summed E-state index contributed by atoms with van der Waals surface area (Å²) in [6.45, 7) is 0.452. The first-order valence-electron chi connectivity index (χ1n) is 6.53. The predicted octanol–water partition coefficient (Wildman–Crippen LogP) is 3.33. The van der Waals surface area contributed by atoms with Crippen LogP contribution >= 0.6 is 0 Å². The second-order valence-electron chi connectivity index (χ2n) is 4.45. The van der Waals surface area contributed by atoms with Gasteiger partial charge in [0.25, 0.3) is 0 Å². The maximum Gasteiger partial charge on any atom is 0.247 e. The third kappa shape index (κ3) is 3.10. The smallest absolute Gasteiger partial charge is 0.247 e. The average molecular weight is 275 g/mol. The van der Waals surface area contributed by atoms with Gasteiger partial charge in [-0.15, -0.1) is 16.6 Å². The first-order valence-corrected chi connectivity index (χ1v) is 6.53. The maximum atomic E-state index is 5.62. The van der Waals surface area contributed by atoms with Gasteiger partial charge >= 0.3 is 0 Å². The predicted molar refractivity (Wildman–Crippen MR) is 81.4 cm³/mol. The van der Waals surface area contributed by atoms with Gasteiger partial charge in [0.2, 0.25) is 11.8 Å². The Kier molecular flexibility index (Phi) is 3.66. The van der Waals surface area contributed by atoms with Gasteiger partial charge < -0.3 is 9.73 Å². The van der Waals surface area contributed by atoms with Crippen LogP contribution in [0.5, 0.6) is 0 Å². The minimum atomic E-state index is 0.452. The molecule has 3 aromatic rings. The van der Waals surface area contributed by atoms with E-state index in [4.69, 9.17) is 10.8 Å². The van der Waals surface area contributed by atoms with E-state index in [1.807, 2.05) is 54.6 Å². The zero-order valence-electron chi connectivity index (χ0n) is 11.3. The molecule has 0 aliphatic heterocycles. The van der Waals surface area contributed by atoms with Crippen molar-refractivity contribution >= 4 is 5.69 Å². The molecule has 0 saturated heterocycles. The molecular weight excluding hydrogens is 262 g/mol. The van der Waals surface area contributed by atoms with Crippen LogP contribution in [-0.4, -0.2) is 10.2 Å². The molecular formula is C17H13N3O. The lowest BCUT2D eigenvalue weighted by atomic mass is 10.2. The van der Waals surface area contributed by atoms with Crippen LogP contribution in [0.15, 0.2) is 59.0 Å². The number of rotatable bonds is 4. The molecule has 2 aromatic carbocycles. The normalized spacial score (nSPS) is 10.0. The van der Waals surface area contributed by atoms with Gasteiger partial charge in [-0.1, -0.05) is 30.2 Å². The van der Waals surface area contributed by atoms with E-state index in [1.165, 1.54) is 0 Å². The number of terminal acetylenes is 1. The monoisotopic (exact) mass is 275 g/mol. The van der Waals surface area contributed by atoms with Gasteiger partial charge in [0.05, 0.1) is 6.54 Å². The molecule has 4 heteroatoms. The molecule has 1 aromatic heterocycles. The minimum Gasteiger partial charge on any atom is -0.419 e. The summed E-state index contributed by atoms with van der Waals surface area (Å²) in [5.41, 5.74) is 2.66. The van der Waals surface area contributed by atoms with Gasteiger partial charge in [-0.05, 0) is 30.3 Å². The van der Waals surface area contributed by atoms with Crippen LogP contribution in [0.3, 0.4) is 0 Å². The fourth-order valence-corrected chi connectivity index (χ4v) is 1.92. The van der Waals surface area contributed by atoms with Crippen molar-refractivity contribution in [2.75, 3.05) is 5.32 Å². The SMILES string of the molecule is C#Cc1cccc(NCc2nnc(-c3ccccc3)o2)c1. The van der Waals surface area contributed by atoms with Crippen LogP contribution in [0.4, 0.5) is 5.69 Å². The van der Waals surface area contributed by atoms with Gasteiger partial charge in [-0.25, -0.2) is 0 Å². The van der Waals surface area contributed by atoms with E-state index in [1.54, 1.807) is 0 Å². The summed E-state index contributed by atoms with van der Waals surface area (Å²) in [6, 6.07) is 17.3. The Labute approximate surface area is 122 Å². The highest BCUT2D eigenvalue weighted by atomic mass is 16.4. The van der Waals surface area contributed by atoms with Crippen LogP contribution in [0.2, 0.25) is 0 Å². The number of benzene rings is 2. The second-order valence-corrected chi connectivity index (χ2v) is 4.45. The number of nitrogens with one attached hydrogen (secondary N) is 1. The van der Waals surface area contributed by atoms with Crippen LogP contribution in [0.25, 0.3) is 11.5 Å². The topological polar surface area (TPSA) is 51.0 Å². The molecule has 1 N–H and O–H groups in total. The standard InChI is InChI=1S/C17H13N3O/c1-2-13-7-6-10-15(11-13)18-12-16-19-20-17(21-16)14-8-4-3-5-9-14/h1,3-11,18H,12H2. The van der Waals surface area contributed by atoms with E-state index in [0.29, 0.717) is 18.3 Å². The number of anilines is 1. The molecule has 4 nitrogen and oxygen atoms in total. The van der Waals surface area contributed by atoms with Crippen molar-refractivity contribution in [3.05, 3.63) is 66.1 Å².